The first kappa shape index (κ1) is 33.1. The highest BCUT2D eigenvalue weighted by Crippen LogP contribution is 2.36. The highest BCUT2D eigenvalue weighted by atomic mass is 35.5. The molecule has 1 amide bonds. The van der Waals surface area contributed by atoms with E-state index in [1.807, 2.05) is 42.5 Å². The minimum absolute atomic E-state index is 0.0215. The molecular weight excluding hydrogens is 602 g/mol. The molecule has 1 aromatic heterocycles. The van der Waals surface area contributed by atoms with E-state index >= 15 is 0 Å². The summed E-state index contributed by atoms with van der Waals surface area (Å²) in [6, 6.07) is 7.49. The normalized spacial score (nSPS) is 27.1. The average Bonchev–Trinajstić information content (AvgIpc) is 3.49. The zero-order chi connectivity index (χ0) is 31.1. The molecule has 0 radical (unpaired) electrons. The van der Waals surface area contributed by atoms with E-state index in [1.54, 1.807) is 22.3 Å². The van der Waals surface area contributed by atoms with Gasteiger partial charge in [0.05, 0.1) is 17.2 Å². The molecule has 0 saturated carbocycles. The number of rotatable bonds is 14. The van der Waals surface area contributed by atoms with Crippen molar-refractivity contribution in [2.45, 2.75) is 87.8 Å². The molecule has 2 unspecified atom stereocenters. The van der Waals surface area contributed by atoms with E-state index in [0.29, 0.717) is 50.1 Å². The Balaban J connectivity index is 1.49. The molecule has 5 N–H and O–H groups in total. The van der Waals surface area contributed by atoms with Crippen LogP contribution in [-0.2, 0) is 30.3 Å². The largest absolute Gasteiger partial charge is 0.481 e. The maximum absolute atomic E-state index is 12.6. The number of carboxylic acid groups (broad SMARTS) is 2. The second-order valence-corrected chi connectivity index (χ2v) is 12.1. The summed E-state index contributed by atoms with van der Waals surface area (Å²) in [6.45, 7) is 0.360. The van der Waals surface area contributed by atoms with Crippen LogP contribution in [0.4, 0.5) is 0 Å². The number of aryl methyl sites for hydroxylation is 1. The molecule has 2 saturated heterocycles. The number of nitrogens with zero attached hydrogens (tertiary/aromatic N) is 1. The number of aliphatic hydroxyl groups is 3. The average molecular weight is 638 g/mol. The quantitative estimate of drug-likeness (QED) is 0.153. The highest BCUT2D eigenvalue weighted by molar-refractivity contribution is 7.19. The van der Waals surface area contributed by atoms with Gasteiger partial charge in [0.2, 0.25) is 5.91 Å². The van der Waals surface area contributed by atoms with Crippen LogP contribution in [0.15, 0.2) is 48.6 Å². The van der Waals surface area contributed by atoms with Gasteiger partial charge >= 0.3 is 11.9 Å². The molecule has 2 aliphatic heterocycles. The number of carboxylic acids is 2. The monoisotopic (exact) mass is 637 g/mol. The predicted octanol–water partition coefficient (Wildman–Crippen LogP) is 3.12. The first-order valence-corrected chi connectivity index (χ1v) is 15.3. The summed E-state index contributed by atoms with van der Waals surface area (Å²) >= 11 is 8.18. The number of hydrogen-bond donors (Lipinski definition) is 5. The molecule has 2 aliphatic rings. The third kappa shape index (κ3) is 8.42. The minimum Gasteiger partial charge on any atom is -0.481 e. The van der Waals surface area contributed by atoms with Crippen molar-refractivity contribution in [2.75, 3.05) is 6.54 Å². The SMILES string of the molecule is O=C(O)CCC/C=C\CN1C(=O)CC[C@@H]1/C=C/C(CCc1sc2ccccc2c1Cl)OC1O[C@H](C(=O)O)[C@@H](O)[C@H](O)[C@H]1O. The van der Waals surface area contributed by atoms with Gasteiger partial charge in [-0.1, -0.05) is 54.1 Å². The summed E-state index contributed by atoms with van der Waals surface area (Å²) in [5, 5.41) is 50.6. The Hall–Kier alpha value is -2.84. The van der Waals surface area contributed by atoms with Gasteiger partial charge in [0, 0.05) is 34.3 Å². The summed E-state index contributed by atoms with van der Waals surface area (Å²) < 4.78 is 12.4. The van der Waals surface area contributed by atoms with Gasteiger partial charge in [0.25, 0.3) is 0 Å². The number of carbonyl (C=O) groups excluding carboxylic acids is 1. The van der Waals surface area contributed by atoms with E-state index in [1.165, 1.54) is 0 Å². The molecule has 7 atom stereocenters. The first-order valence-electron chi connectivity index (χ1n) is 14.1. The van der Waals surface area contributed by atoms with Crippen LogP contribution < -0.4 is 0 Å². The van der Waals surface area contributed by atoms with E-state index in [0.717, 1.165) is 15.0 Å². The molecule has 0 spiro atoms. The molecule has 2 fully saturated rings. The van der Waals surface area contributed by atoms with E-state index in [9.17, 15) is 34.8 Å². The van der Waals surface area contributed by atoms with Gasteiger partial charge in [-0.15, -0.1) is 11.3 Å². The number of carbonyl (C=O) groups is 3. The zero-order valence-electron chi connectivity index (χ0n) is 23.3. The van der Waals surface area contributed by atoms with Crippen molar-refractivity contribution >= 4 is 50.9 Å². The van der Waals surface area contributed by atoms with Crippen molar-refractivity contribution in [1.29, 1.82) is 0 Å². The van der Waals surface area contributed by atoms with Crippen molar-refractivity contribution < 1.29 is 49.4 Å². The Morgan fingerprint density at radius 3 is 2.63 bits per heavy atom. The number of aliphatic carboxylic acids is 2. The number of allylic oxidation sites excluding steroid dienone is 1. The Bertz CT molecular complexity index is 1350. The van der Waals surface area contributed by atoms with Gasteiger partial charge in [-0.05, 0) is 38.2 Å². The Morgan fingerprint density at radius 2 is 1.91 bits per heavy atom. The fourth-order valence-corrected chi connectivity index (χ4v) is 6.71. The summed E-state index contributed by atoms with van der Waals surface area (Å²) in [7, 11) is 0. The summed E-state index contributed by atoms with van der Waals surface area (Å²) in [5.41, 5.74) is 0. The van der Waals surface area contributed by atoms with Gasteiger partial charge in [-0.2, -0.15) is 0 Å². The zero-order valence-corrected chi connectivity index (χ0v) is 24.9. The molecule has 4 rings (SSSR count). The lowest BCUT2D eigenvalue weighted by Crippen LogP contribution is -2.60. The fourth-order valence-electron chi connectivity index (χ4n) is 5.17. The van der Waals surface area contributed by atoms with Crippen LogP contribution in [0.25, 0.3) is 10.1 Å². The van der Waals surface area contributed by atoms with Crippen LogP contribution in [0.1, 0.15) is 43.4 Å². The van der Waals surface area contributed by atoms with Gasteiger partial charge < -0.3 is 39.9 Å². The van der Waals surface area contributed by atoms with Crippen LogP contribution in [0.3, 0.4) is 0 Å². The number of fused-ring (bicyclic) bond motifs is 1. The molecule has 13 heteroatoms. The number of halogens is 1. The topological polar surface area (TPSA) is 174 Å². The summed E-state index contributed by atoms with van der Waals surface area (Å²) in [5.74, 6) is -2.38. The summed E-state index contributed by atoms with van der Waals surface area (Å²) in [6.07, 6.45) is 0.802. The summed E-state index contributed by atoms with van der Waals surface area (Å²) in [4.78, 5) is 37.5. The lowest BCUT2D eigenvalue weighted by Gasteiger charge is -2.39. The number of ether oxygens (including phenoxy) is 2. The maximum Gasteiger partial charge on any atom is 0.335 e. The number of unbranched alkanes of at least 4 members (excludes halogenated alkanes) is 1. The Kier molecular flexibility index (Phi) is 11.7. The van der Waals surface area contributed by atoms with Gasteiger partial charge in [0.1, 0.15) is 18.3 Å². The number of hydrogen-bond acceptors (Lipinski definition) is 9. The van der Waals surface area contributed by atoms with E-state index in [4.69, 9.17) is 26.2 Å². The van der Waals surface area contributed by atoms with Gasteiger partial charge in [-0.3, -0.25) is 9.59 Å². The molecule has 0 bridgehead atoms. The molecule has 43 heavy (non-hydrogen) atoms. The molecule has 234 valence electrons. The minimum atomic E-state index is -1.84. The fraction of sp³-hybridized carbons (Fsp3) is 0.500. The lowest BCUT2D eigenvalue weighted by molar-refractivity contribution is -0.300. The second-order valence-electron chi connectivity index (χ2n) is 10.6. The van der Waals surface area contributed by atoms with E-state index in [2.05, 4.69) is 0 Å². The standard InChI is InChI=1S/C30H36ClNO10S/c31-24-19-7-4-5-8-20(19)43-21(24)14-13-18(41-30-27(38)25(36)26(37)28(42-30)29(39)40)12-10-17-11-15-22(33)32(17)16-6-2-1-3-9-23(34)35/h2,4-8,10,12,17-18,25-28,30,36-38H,1,3,9,11,13-16H2,(H,34,35)(H,39,40)/b6-2-,12-10+/t17-,18?,25-,26-,27+,28-,30?/m0/s1. The molecule has 2 aromatic rings. The van der Waals surface area contributed by atoms with Crippen LogP contribution in [0, 0.1) is 0 Å². The van der Waals surface area contributed by atoms with E-state index in [-0.39, 0.29) is 18.4 Å². The number of benzene rings is 1. The number of thiophene rings is 1. The molecular formula is C30H36ClNO10S. The van der Waals surface area contributed by atoms with Gasteiger partial charge in [-0.25, -0.2) is 4.79 Å². The van der Waals surface area contributed by atoms with Crippen molar-refractivity contribution in [1.82, 2.24) is 4.90 Å². The Morgan fingerprint density at radius 1 is 1.14 bits per heavy atom. The van der Waals surface area contributed by atoms with Crippen molar-refractivity contribution in [2.24, 2.45) is 0 Å². The van der Waals surface area contributed by atoms with Crippen molar-refractivity contribution in [3.05, 3.63) is 58.5 Å². The number of aliphatic hydroxyl groups excluding tert-OH is 3. The van der Waals surface area contributed by atoms with Crippen molar-refractivity contribution in [3.8, 4) is 0 Å². The Labute approximate surface area is 257 Å². The molecule has 3 heterocycles. The first-order chi connectivity index (χ1) is 20.6. The number of likely N-dealkylation sites (tertiary alicyclic amines) is 1. The molecule has 0 aliphatic carbocycles. The number of amides is 1. The van der Waals surface area contributed by atoms with Crippen LogP contribution >= 0.6 is 22.9 Å². The lowest BCUT2D eigenvalue weighted by atomic mass is 9.99. The van der Waals surface area contributed by atoms with Crippen LogP contribution in [-0.4, -0.2) is 97.7 Å². The maximum atomic E-state index is 12.6. The molecule has 11 nitrogen and oxygen atoms in total. The highest BCUT2D eigenvalue weighted by Gasteiger charge is 2.48. The predicted molar refractivity (Wildman–Crippen MR) is 159 cm³/mol. The van der Waals surface area contributed by atoms with Gasteiger partial charge in [0.15, 0.2) is 12.4 Å². The van der Waals surface area contributed by atoms with Crippen LogP contribution in [0.2, 0.25) is 5.02 Å². The van der Waals surface area contributed by atoms with Crippen molar-refractivity contribution in [3.63, 3.8) is 0 Å². The smallest absolute Gasteiger partial charge is 0.335 e. The third-order valence-electron chi connectivity index (χ3n) is 7.53. The molecule has 1 aromatic carbocycles. The second kappa shape index (κ2) is 15.2. The van der Waals surface area contributed by atoms with Crippen LogP contribution in [0.5, 0.6) is 0 Å². The third-order valence-corrected chi connectivity index (χ3v) is 9.31. The van der Waals surface area contributed by atoms with E-state index < -0.39 is 48.7 Å².